The van der Waals surface area contributed by atoms with Gasteiger partial charge < -0.3 is 19.3 Å². The summed E-state index contributed by atoms with van der Waals surface area (Å²) in [5.74, 6) is -1.02. The number of allylic oxidation sites excluding steroid dienone is 18. The number of esters is 2. The van der Waals surface area contributed by atoms with Gasteiger partial charge in [-0.2, -0.15) is 0 Å². The normalized spacial score (nSPS) is 13.6. The van der Waals surface area contributed by atoms with E-state index in [1.807, 2.05) is 12.2 Å². The Balaban J connectivity index is 4.15. The van der Waals surface area contributed by atoms with Crippen LogP contribution in [0.1, 0.15) is 142 Å². The van der Waals surface area contributed by atoms with Gasteiger partial charge in [0.15, 0.2) is 6.10 Å². The lowest BCUT2D eigenvalue weighted by Crippen LogP contribution is -2.29. The zero-order chi connectivity index (χ0) is 39.6. The smallest absolute Gasteiger partial charge is 0.462 e. The van der Waals surface area contributed by atoms with Crippen molar-refractivity contribution in [2.24, 2.45) is 0 Å². The number of ether oxygens (including phenoxy) is 2. The molecule has 0 aromatic carbocycles. The number of rotatable bonds is 35. The highest BCUT2D eigenvalue weighted by Crippen LogP contribution is 2.35. The summed E-state index contributed by atoms with van der Waals surface area (Å²) in [5.41, 5.74) is 0. The molecule has 8 nitrogen and oxygen atoms in total. The monoisotopic (exact) mass is 770 g/mol. The maximum Gasteiger partial charge on any atom is 0.469 e. The van der Waals surface area contributed by atoms with Crippen LogP contribution in [0, 0.1) is 0 Å². The van der Waals surface area contributed by atoms with Gasteiger partial charge in [0.1, 0.15) is 6.61 Å². The second-order valence-corrected chi connectivity index (χ2v) is 14.1. The third kappa shape index (κ3) is 41.5. The van der Waals surface area contributed by atoms with Gasteiger partial charge in [-0.15, -0.1) is 0 Å². The van der Waals surface area contributed by atoms with E-state index in [1.54, 1.807) is 0 Å². The SMILES string of the molecule is CC/C=C/C/C=C/C/C=C/C/C=C/C/C=C/C/C=C/CCC(=O)OC[C@H](COP(=O)(O)O)OC(=O)CCCCCC/C=C/C/C=C/C/C=C/CCCCC. The van der Waals surface area contributed by atoms with Crippen molar-refractivity contribution in [1.29, 1.82) is 0 Å². The van der Waals surface area contributed by atoms with Crippen LogP contribution >= 0.6 is 7.82 Å². The van der Waals surface area contributed by atoms with Crippen molar-refractivity contribution in [2.75, 3.05) is 13.2 Å². The van der Waals surface area contributed by atoms with Gasteiger partial charge in [0.25, 0.3) is 0 Å². The maximum atomic E-state index is 12.4. The van der Waals surface area contributed by atoms with E-state index in [4.69, 9.17) is 19.3 Å². The van der Waals surface area contributed by atoms with Crippen LogP contribution in [0.25, 0.3) is 0 Å². The van der Waals surface area contributed by atoms with E-state index < -0.39 is 32.5 Å². The number of phosphoric ester groups is 1. The Morgan fingerprint density at radius 1 is 0.500 bits per heavy atom. The Morgan fingerprint density at radius 3 is 1.39 bits per heavy atom. The molecule has 2 N–H and O–H groups in total. The van der Waals surface area contributed by atoms with E-state index >= 15 is 0 Å². The lowest BCUT2D eigenvalue weighted by atomic mass is 10.1. The molecule has 0 spiro atoms. The molecular formula is C45H71O8P. The molecule has 304 valence electrons. The fourth-order valence-corrected chi connectivity index (χ4v) is 5.18. The van der Waals surface area contributed by atoms with E-state index in [0.29, 0.717) is 12.8 Å². The Morgan fingerprint density at radius 2 is 0.926 bits per heavy atom. The Labute approximate surface area is 327 Å². The third-order valence-corrected chi connectivity index (χ3v) is 8.27. The molecule has 0 bridgehead atoms. The lowest BCUT2D eigenvalue weighted by Gasteiger charge is -2.18. The third-order valence-electron chi connectivity index (χ3n) is 7.79. The maximum absolute atomic E-state index is 12.4. The van der Waals surface area contributed by atoms with E-state index in [0.717, 1.165) is 77.0 Å². The van der Waals surface area contributed by atoms with Crippen molar-refractivity contribution < 1.29 is 37.9 Å². The molecule has 0 fully saturated rings. The Bertz CT molecular complexity index is 1230. The van der Waals surface area contributed by atoms with Gasteiger partial charge in [0.05, 0.1) is 6.61 Å². The standard InChI is InChI=1S/C45H71O8P/c1-3-5-7-9-11-13-15-17-19-21-22-24-25-27-29-31-33-35-37-39-44(46)51-41-43(42-52-54(48,49)50)53-45(47)40-38-36-34-32-30-28-26-23-20-18-16-14-12-10-8-6-4-2/h5,7,11-14,17-20,22,24,26-29,33,35,43H,3-4,6,8-10,15-16,21,23,25,30-32,34,36-42H2,1-2H3,(H2,48,49,50)/b7-5+,13-11+,14-12+,19-17+,20-18+,24-22+,28-26+,29-27+,35-33+/t43-/m1/s1. The van der Waals surface area contributed by atoms with E-state index in [1.165, 1.54) is 25.7 Å². The largest absolute Gasteiger partial charge is 0.469 e. The summed E-state index contributed by atoms with van der Waals surface area (Å²) in [6, 6.07) is 0. The van der Waals surface area contributed by atoms with E-state index in [9.17, 15) is 14.2 Å². The van der Waals surface area contributed by atoms with Crippen molar-refractivity contribution >= 4 is 19.8 Å². The molecule has 0 rings (SSSR count). The van der Waals surface area contributed by atoms with Crippen LogP contribution in [-0.4, -0.2) is 41.0 Å². The molecule has 0 heterocycles. The molecule has 1 atom stereocenters. The van der Waals surface area contributed by atoms with Crippen LogP contribution in [0.2, 0.25) is 0 Å². The van der Waals surface area contributed by atoms with Crippen LogP contribution in [0.4, 0.5) is 0 Å². The summed E-state index contributed by atoms with van der Waals surface area (Å²) >= 11 is 0. The molecule has 0 radical (unpaired) electrons. The Kier molecular flexibility index (Phi) is 37.0. The number of hydrogen-bond donors (Lipinski definition) is 2. The number of carbonyl (C=O) groups excluding carboxylic acids is 2. The molecule has 0 aromatic rings. The molecule has 0 aromatic heterocycles. The van der Waals surface area contributed by atoms with Gasteiger partial charge in [0, 0.05) is 12.8 Å². The molecule has 0 saturated heterocycles. The van der Waals surface area contributed by atoms with Crippen molar-refractivity contribution in [1.82, 2.24) is 0 Å². The summed E-state index contributed by atoms with van der Waals surface area (Å²) in [6.45, 7) is 3.44. The predicted octanol–water partition coefficient (Wildman–Crippen LogP) is 12.4. The van der Waals surface area contributed by atoms with Crippen LogP contribution in [0.5, 0.6) is 0 Å². The summed E-state index contributed by atoms with van der Waals surface area (Å²) in [5, 5.41) is 0. The van der Waals surface area contributed by atoms with Crippen molar-refractivity contribution in [2.45, 2.75) is 148 Å². The summed E-state index contributed by atoms with van der Waals surface area (Å²) in [7, 11) is -4.78. The molecule has 0 aliphatic heterocycles. The van der Waals surface area contributed by atoms with Gasteiger partial charge >= 0.3 is 19.8 Å². The van der Waals surface area contributed by atoms with Gasteiger partial charge in [-0.05, 0) is 89.9 Å². The first-order valence-corrected chi connectivity index (χ1v) is 21.7. The number of unbranched alkanes of at least 4 members (excludes halogenated alkanes) is 7. The fourth-order valence-electron chi connectivity index (χ4n) is 4.82. The summed E-state index contributed by atoms with van der Waals surface area (Å²) in [4.78, 5) is 42.8. The van der Waals surface area contributed by atoms with Gasteiger partial charge in [-0.1, -0.05) is 149 Å². The first kappa shape index (κ1) is 50.7. The van der Waals surface area contributed by atoms with Crippen LogP contribution in [0.3, 0.4) is 0 Å². The average Bonchev–Trinajstić information content (AvgIpc) is 3.14. The van der Waals surface area contributed by atoms with Crippen molar-refractivity contribution in [3.8, 4) is 0 Å². The molecule has 0 aliphatic rings. The lowest BCUT2D eigenvalue weighted by molar-refractivity contribution is -0.161. The second kappa shape index (κ2) is 39.4. The second-order valence-electron chi connectivity index (χ2n) is 12.9. The van der Waals surface area contributed by atoms with Gasteiger partial charge in [-0.25, -0.2) is 4.57 Å². The minimum Gasteiger partial charge on any atom is -0.462 e. The molecule has 0 amide bonds. The summed E-state index contributed by atoms with van der Waals surface area (Å²) < 4.78 is 26.3. The molecular weight excluding hydrogens is 699 g/mol. The van der Waals surface area contributed by atoms with Crippen LogP contribution in [-0.2, 0) is 28.2 Å². The zero-order valence-corrected chi connectivity index (χ0v) is 34.2. The number of carbonyl (C=O) groups is 2. The quantitative estimate of drug-likeness (QED) is 0.0283. The van der Waals surface area contributed by atoms with Crippen LogP contribution < -0.4 is 0 Å². The first-order valence-electron chi connectivity index (χ1n) is 20.2. The molecule has 9 heteroatoms. The van der Waals surface area contributed by atoms with Crippen LogP contribution in [0.15, 0.2) is 109 Å². The average molecular weight is 771 g/mol. The molecule has 54 heavy (non-hydrogen) atoms. The number of phosphoric acid groups is 1. The highest BCUT2D eigenvalue weighted by atomic mass is 31.2. The van der Waals surface area contributed by atoms with Gasteiger partial charge in [-0.3, -0.25) is 14.1 Å². The first-order chi connectivity index (χ1) is 26.3. The molecule has 0 unspecified atom stereocenters. The van der Waals surface area contributed by atoms with E-state index in [-0.39, 0.29) is 19.4 Å². The Hall–Kier alpha value is -3.29. The highest BCUT2D eigenvalue weighted by Gasteiger charge is 2.22. The predicted molar refractivity (Wildman–Crippen MR) is 225 cm³/mol. The minimum atomic E-state index is -4.78. The topological polar surface area (TPSA) is 119 Å². The van der Waals surface area contributed by atoms with Gasteiger partial charge in [0.2, 0.25) is 0 Å². The summed E-state index contributed by atoms with van der Waals surface area (Å²) in [6.07, 6.45) is 55.3. The van der Waals surface area contributed by atoms with E-state index in [2.05, 4.69) is 116 Å². The highest BCUT2D eigenvalue weighted by molar-refractivity contribution is 7.46. The molecule has 0 saturated carbocycles. The number of hydrogen-bond acceptors (Lipinski definition) is 6. The fraction of sp³-hybridized carbons (Fsp3) is 0.556. The zero-order valence-electron chi connectivity index (χ0n) is 33.3. The van der Waals surface area contributed by atoms with Crippen molar-refractivity contribution in [3.63, 3.8) is 0 Å². The minimum absolute atomic E-state index is 0.130. The molecule has 0 aliphatic carbocycles. The van der Waals surface area contributed by atoms with Crippen molar-refractivity contribution in [3.05, 3.63) is 109 Å².